The Morgan fingerprint density at radius 3 is 3.24 bits per heavy atom. The number of rotatable bonds is 0. The van der Waals surface area contributed by atoms with Crippen molar-refractivity contribution in [1.82, 2.24) is 5.43 Å². The third-order valence-corrected chi connectivity index (χ3v) is 4.17. The van der Waals surface area contributed by atoms with Crippen molar-refractivity contribution in [2.45, 2.75) is 4.05 Å². The minimum Gasteiger partial charge on any atom is -0.483 e. The summed E-state index contributed by atoms with van der Waals surface area (Å²) in [5, 5.41) is 4.01. The van der Waals surface area contributed by atoms with Gasteiger partial charge in [0.2, 0.25) is 0 Å². The van der Waals surface area contributed by atoms with Gasteiger partial charge in [-0.3, -0.25) is 4.79 Å². The minimum atomic E-state index is -0.308. The molecule has 0 fully saturated rings. The Morgan fingerprint density at radius 1 is 1.59 bits per heavy atom. The van der Waals surface area contributed by atoms with E-state index in [9.17, 15) is 4.79 Å². The maximum atomic E-state index is 11.6. The first kappa shape index (κ1) is 11.3. The normalized spacial score (nSPS) is 22.0. The van der Waals surface area contributed by atoms with E-state index in [1.54, 1.807) is 0 Å². The topological polar surface area (TPSA) is 53.9 Å². The molecule has 2 aliphatic rings. The third-order valence-electron chi connectivity index (χ3n) is 2.55. The molecule has 0 saturated carbocycles. The van der Waals surface area contributed by atoms with Gasteiger partial charge < -0.3 is 9.64 Å². The molecule has 0 saturated heterocycles. The summed E-state index contributed by atoms with van der Waals surface area (Å²) in [5.74, 6) is 1.36. The van der Waals surface area contributed by atoms with E-state index < -0.39 is 0 Å². The van der Waals surface area contributed by atoms with Crippen molar-refractivity contribution >= 4 is 56.0 Å². The number of anilines is 1. The van der Waals surface area contributed by atoms with Crippen molar-refractivity contribution in [3.63, 3.8) is 0 Å². The van der Waals surface area contributed by atoms with E-state index in [0.717, 1.165) is 21.7 Å². The summed E-state index contributed by atoms with van der Waals surface area (Å²) in [6, 6.07) is 5.72. The second kappa shape index (κ2) is 4.13. The molecule has 5 nitrogen and oxygen atoms in total. The summed E-state index contributed by atoms with van der Waals surface area (Å²) >= 11 is 5.50. The molecule has 0 aromatic heterocycles. The Hall–Kier alpha value is -0.830. The van der Waals surface area contributed by atoms with Crippen molar-refractivity contribution < 1.29 is 9.53 Å². The minimum absolute atomic E-state index is 0.123. The number of ether oxygens (including phenoxy) is 1. The number of nitrogens with zero attached hydrogens (tertiary/aromatic N) is 2. The van der Waals surface area contributed by atoms with Crippen LogP contribution in [0.2, 0.25) is 0 Å². The lowest BCUT2D eigenvalue weighted by Gasteiger charge is -2.37. The maximum absolute atomic E-state index is 11.6. The van der Waals surface area contributed by atoms with E-state index in [1.807, 2.05) is 23.1 Å². The zero-order chi connectivity index (χ0) is 12.0. The van der Waals surface area contributed by atoms with E-state index in [-0.39, 0.29) is 9.96 Å². The average molecular weight is 408 g/mol. The highest BCUT2D eigenvalue weighted by Gasteiger charge is 2.36. The predicted octanol–water partition coefficient (Wildman–Crippen LogP) is 1.85. The van der Waals surface area contributed by atoms with Crippen LogP contribution >= 0.6 is 38.5 Å². The smallest absolute Gasteiger partial charge is 0.273 e. The molecule has 0 radical (unpaired) electrons. The number of amidine groups is 1. The maximum Gasteiger partial charge on any atom is 0.273 e. The highest BCUT2D eigenvalue weighted by atomic mass is 127. The van der Waals surface area contributed by atoms with Crippen molar-refractivity contribution in [3.8, 4) is 5.75 Å². The van der Waals surface area contributed by atoms with Crippen LogP contribution in [0.5, 0.6) is 5.75 Å². The van der Waals surface area contributed by atoms with Gasteiger partial charge in [0.25, 0.3) is 5.91 Å². The number of benzene rings is 1. The van der Waals surface area contributed by atoms with E-state index in [4.69, 9.17) is 4.74 Å². The van der Waals surface area contributed by atoms with Crippen LogP contribution in [0.25, 0.3) is 0 Å². The Morgan fingerprint density at radius 2 is 2.41 bits per heavy atom. The van der Waals surface area contributed by atoms with E-state index >= 15 is 0 Å². The molecule has 1 N–H and O–H groups in total. The lowest BCUT2D eigenvalue weighted by Crippen LogP contribution is -2.54. The van der Waals surface area contributed by atoms with Gasteiger partial charge in [-0.25, -0.2) is 5.43 Å². The number of alkyl halides is 1. The fourth-order valence-corrected chi connectivity index (χ4v) is 2.89. The van der Waals surface area contributed by atoms with Crippen LogP contribution in [0.1, 0.15) is 0 Å². The van der Waals surface area contributed by atoms with Crippen LogP contribution in [-0.2, 0) is 4.79 Å². The summed E-state index contributed by atoms with van der Waals surface area (Å²) in [5.41, 5.74) is 3.34. The number of hydrogen-bond donors (Lipinski definition) is 1. The summed E-state index contributed by atoms with van der Waals surface area (Å²) in [6.45, 7) is 0.369. The second-order valence-electron chi connectivity index (χ2n) is 3.61. The molecule has 0 unspecified atom stereocenters. The molecular formula is C10H7BrIN3O2. The average Bonchev–Trinajstić information content (AvgIpc) is 2.33. The zero-order valence-electron chi connectivity index (χ0n) is 8.48. The van der Waals surface area contributed by atoms with Gasteiger partial charge in [-0.2, -0.15) is 5.10 Å². The van der Waals surface area contributed by atoms with Gasteiger partial charge in [-0.15, -0.1) is 0 Å². The van der Waals surface area contributed by atoms with Crippen LogP contribution in [0, 0.1) is 0 Å². The third kappa shape index (κ3) is 1.81. The number of nitrogens with one attached hydrogen (secondary N) is 1. The first-order valence-corrected chi connectivity index (χ1v) is 6.93. The fraction of sp³-hybridized carbons (Fsp3) is 0.200. The van der Waals surface area contributed by atoms with E-state index in [1.165, 1.54) is 0 Å². The monoisotopic (exact) mass is 407 g/mol. The highest BCUT2D eigenvalue weighted by molar-refractivity contribution is 14.1. The SMILES string of the molecule is O=C1NN=C2COc3ccc(Br)cc3N2[C@@H]1I. The standard InChI is InChI=1S/C10H7BrIN3O2/c11-5-1-2-7-6(3-5)15-8(4-17-7)13-14-10(16)9(15)12/h1-3,9H,4H2,(H,14,16)/t9-/m0/s1. The number of amides is 1. The fourth-order valence-electron chi connectivity index (χ4n) is 1.78. The Kier molecular flexibility index (Phi) is 2.74. The lowest BCUT2D eigenvalue weighted by atomic mass is 10.2. The van der Waals surface area contributed by atoms with Crippen molar-refractivity contribution in [2.24, 2.45) is 5.10 Å². The molecule has 1 atom stereocenters. The van der Waals surface area contributed by atoms with Crippen LogP contribution in [0.4, 0.5) is 5.69 Å². The predicted molar refractivity (Wildman–Crippen MR) is 75.5 cm³/mol. The molecule has 2 aliphatic heterocycles. The molecule has 7 heteroatoms. The lowest BCUT2D eigenvalue weighted by molar-refractivity contribution is -0.120. The highest BCUT2D eigenvalue weighted by Crippen LogP contribution is 2.37. The van der Waals surface area contributed by atoms with Gasteiger partial charge >= 0.3 is 0 Å². The second-order valence-corrected chi connectivity index (χ2v) is 5.71. The Balaban J connectivity index is 2.14. The van der Waals surface area contributed by atoms with Crippen LogP contribution in [0.3, 0.4) is 0 Å². The molecular weight excluding hydrogens is 401 g/mol. The number of hydrazone groups is 1. The van der Waals surface area contributed by atoms with Crippen LogP contribution in [0.15, 0.2) is 27.8 Å². The molecule has 0 bridgehead atoms. The quantitative estimate of drug-likeness (QED) is 0.405. The number of carbonyl (C=O) groups excluding carboxylic acids is 1. The molecule has 1 amide bonds. The van der Waals surface area contributed by atoms with Crippen LogP contribution < -0.4 is 15.1 Å². The van der Waals surface area contributed by atoms with Gasteiger partial charge in [-0.05, 0) is 40.8 Å². The van der Waals surface area contributed by atoms with Crippen LogP contribution in [-0.4, -0.2) is 22.4 Å². The van der Waals surface area contributed by atoms with Gasteiger partial charge in [0.15, 0.2) is 9.88 Å². The summed E-state index contributed by atoms with van der Waals surface area (Å²) in [4.78, 5) is 13.5. The molecule has 0 aliphatic carbocycles. The zero-order valence-corrected chi connectivity index (χ0v) is 12.2. The van der Waals surface area contributed by atoms with Crippen molar-refractivity contribution in [2.75, 3.05) is 11.5 Å². The molecule has 88 valence electrons. The molecule has 1 aromatic rings. The number of halogens is 2. The molecule has 2 heterocycles. The summed E-state index contributed by atoms with van der Waals surface area (Å²) in [7, 11) is 0. The van der Waals surface area contributed by atoms with Gasteiger partial charge in [0, 0.05) is 4.47 Å². The largest absolute Gasteiger partial charge is 0.483 e. The molecule has 1 aromatic carbocycles. The molecule has 17 heavy (non-hydrogen) atoms. The first-order valence-electron chi connectivity index (χ1n) is 4.89. The first-order chi connectivity index (χ1) is 8.16. The van der Waals surface area contributed by atoms with Crippen molar-refractivity contribution in [1.29, 1.82) is 0 Å². The van der Waals surface area contributed by atoms with Gasteiger partial charge in [-0.1, -0.05) is 15.9 Å². The molecule has 0 spiro atoms. The number of hydrogen-bond acceptors (Lipinski definition) is 4. The van der Waals surface area contributed by atoms with E-state index in [2.05, 4.69) is 49.0 Å². The van der Waals surface area contributed by atoms with Gasteiger partial charge in [0.1, 0.15) is 12.4 Å². The van der Waals surface area contributed by atoms with E-state index in [0.29, 0.717) is 6.61 Å². The number of carbonyl (C=O) groups is 1. The number of fused-ring (bicyclic) bond motifs is 3. The van der Waals surface area contributed by atoms with Gasteiger partial charge in [0.05, 0.1) is 5.69 Å². The Labute approximate surface area is 119 Å². The Bertz CT molecular complexity index is 534. The summed E-state index contributed by atoms with van der Waals surface area (Å²) < 4.78 is 6.22. The molecule has 3 rings (SSSR count). The summed E-state index contributed by atoms with van der Waals surface area (Å²) in [6.07, 6.45) is 0. The van der Waals surface area contributed by atoms with Crippen molar-refractivity contribution in [3.05, 3.63) is 22.7 Å².